The number of rotatable bonds is 7. The molecule has 0 bridgehead atoms. The molecule has 0 fully saturated rings. The average molecular weight is 430 g/mol. The second kappa shape index (κ2) is 10.1. The fourth-order valence-corrected chi connectivity index (χ4v) is 3.21. The Morgan fingerprint density at radius 3 is 2.50 bits per heavy atom. The number of hydrazone groups is 1. The predicted molar refractivity (Wildman–Crippen MR) is 116 cm³/mol. The number of hydrazine groups is 2. The molecule has 0 saturated heterocycles. The van der Waals surface area contributed by atoms with E-state index in [0.29, 0.717) is 11.4 Å². The summed E-state index contributed by atoms with van der Waals surface area (Å²) in [6.07, 6.45) is 0.386. The van der Waals surface area contributed by atoms with Crippen LogP contribution in [0, 0.1) is 0 Å². The molecule has 158 valence electrons. The molecule has 2 aromatic carbocycles. The number of benzene rings is 2. The minimum Gasteiger partial charge on any atom is -0.358 e. The summed E-state index contributed by atoms with van der Waals surface area (Å²) in [4.78, 5) is 24.7. The van der Waals surface area contributed by atoms with Gasteiger partial charge in [0.1, 0.15) is 0 Å². The van der Waals surface area contributed by atoms with Crippen molar-refractivity contribution in [3.8, 4) is 11.1 Å². The molecule has 1 aliphatic rings. The zero-order chi connectivity index (χ0) is 21.5. The van der Waals surface area contributed by atoms with Crippen molar-refractivity contribution in [3.05, 3.63) is 59.1 Å². The average Bonchev–Trinajstić information content (AvgIpc) is 3.26. The van der Waals surface area contributed by atoms with Gasteiger partial charge >= 0.3 is 0 Å². The lowest BCUT2D eigenvalue weighted by Gasteiger charge is -2.22. The Balaban J connectivity index is 1.74. The summed E-state index contributed by atoms with van der Waals surface area (Å²) < 4.78 is 0. The Kier molecular flexibility index (Phi) is 7.23. The van der Waals surface area contributed by atoms with E-state index >= 15 is 0 Å². The van der Waals surface area contributed by atoms with Crippen LogP contribution < -0.4 is 32.4 Å². The van der Waals surface area contributed by atoms with Crippen LogP contribution in [-0.4, -0.2) is 36.9 Å². The zero-order valence-electron chi connectivity index (χ0n) is 16.6. The summed E-state index contributed by atoms with van der Waals surface area (Å²) in [6, 6.07) is 14.3. The molecule has 9 nitrogen and oxygen atoms in total. The second-order valence-corrected chi connectivity index (χ2v) is 7.21. The van der Waals surface area contributed by atoms with Crippen molar-refractivity contribution in [2.75, 3.05) is 7.05 Å². The highest BCUT2D eigenvalue weighted by Gasteiger charge is 2.25. The van der Waals surface area contributed by atoms with Gasteiger partial charge in [0.15, 0.2) is 0 Å². The minimum absolute atomic E-state index is 0.205. The highest BCUT2D eigenvalue weighted by Crippen LogP contribution is 2.23. The number of hydrogen-bond acceptors (Lipinski definition) is 7. The molecule has 30 heavy (non-hydrogen) atoms. The van der Waals surface area contributed by atoms with E-state index in [-0.39, 0.29) is 17.8 Å². The van der Waals surface area contributed by atoms with E-state index in [4.69, 9.17) is 11.6 Å². The van der Waals surface area contributed by atoms with Crippen molar-refractivity contribution in [2.45, 2.75) is 25.4 Å². The standard InChI is InChI=1S/C20H24ClN7O2/c1-12(18(29)22-2)23-17(19(30)24-20-25-27-28-26-20)10-13-6-8-14(9-7-13)15-4-3-5-16(21)11-15/h3-9,11-12,17,23,27-28H,10H2,1-2H3,(H,22,29)(H2,24,25,26,30)/t12-,17-/m0/s1. The number of guanidine groups is 1. The van der Waals surface area contributed by atoms with Crippen molar-refractivity contribution in [1.82, 2.24) is 32.4 Å². The molecule has 0 unspecified atom stereocenters. The maximum atomic E-state index is 12.8. The number of likely N-dealkylation sites (N-methyl/N-ethyl adjacent to an activating group) is 1. The third-order valence-corrected chi connectivity index (χ3v) is 4.84. The third-order valence-electron chi connectivity index (χ3n) is 4.61. The van der Waals surface area contributed by atoms with Crippen LogP contribution in [0.3, 0.4) is 0 Å². The Bertz CT molecular complexity index is 933. The van der Waals surface area contributed by atoms with Crippen molar-refractivity contribution < 1.29 is 9.59 Å². The summed E-state index contributed by atoms with van der Waals surface area (Å²) in [6.45, 7) is 1.70. The fraction of sp³-hybridized carbons (Fsp3) is 0.250. The zero-order valence-corrected chi connectivity index (χ0v) is 17.4. The van der Waals surface area contributed by atoms with Gasteiger partial charge in [0, 0.05) is 12.1 Å². The number of carbonyl (C=O) groups excluding carboxylic acids is 2. The topological polar surface area (TPSA) is 119 Å². The number of halogens is 1. The largest absolute Gasteiger partial charge is 0.358 e. The van der Waals surface area contributed by atoms with Gasteiger partial charge in [-0.3, -0.25) is 25.6 Å². The SMILES string of the molecule is CNC(=O)[C@H](C)N[C@@H](Cc1ccc(-c2cccc(Cl)c2)cc1)C(=O)NC1=NNNN1. The Labute approximate surface area is 179 Å². The summed E-state index contributed by atoms with van der Waals surface area (Å²) in [5.74, 6) is -0.277. The Hall–Kier alpha value is -3.14. The van der Waals surface area contributed by atoms with Crippen molar-refractivity contribution in [2.24, 2.45) is 5.10 Å². The van der Waals surface area contributed by atoms with Gasteiger partial charge < -0.3 is 5.32 Å². The van der Waals surface area contributed by atoms with Crippen LogP contribution >= 0.6 is 11.6 Å². The van der Waals surface area contributed by atoms with E-state index < -0.39 is 12.1 Å². The second-order valence-electron chi connectivity index (χ2n) is 6.78. The molecule has 2 aromatic rings. The lowest BCUT2D eigenvalue weighted by atomic mass is 10.00. The Morgan fingerprint density at radius 1 is 1.10 bits per heavy atom. The van der Waals surface area contributed by atoms with Gasteiger partial charge in [0.25, 0.3) is 0 Å². The van der Waals surface area contributed by atoms with Crippen LogP contribution in [-0.2, 0) is 16.0 Å². The summed E-state index contributed by atoms with van der Waals surface area (Å²) in [7, 11) is 1.55. The molecule has 0 saturated carbocycles. The van der Waals surface area contributed by atoms with Crippen molar-refractivity contribution >= 4 is 29.4 Å². The first-order valence-electron chi connectivity index (χ1n) is 9.43. The first-order valence-corrected chi connectivity index (χ1v) is 9.81. The minimum atomic E-state index is -0.653. The molecule has 3 rings (SSSR count). The fourth-order valence-electron chi connectivity index (χ4n) is 3.02. The summed E-state index contributed by atoms with van der Waals surface area (Å²) in [5.41, 5.74) is 10.7. The molecular weight excluding hydrogens is 406 g/mol. The molecule has 6 N–H and O–H groups in total. The first kappa shape index (κ1) is 21.6. The van der Waals surface area contributed by atoms with E-state index in [1.54, 1.807) is 14.0 Å². The number of nitrogens with zero attached hydrogens (tertiary/aromatic N) is 1. The smallest absolute Gasteiger partial charge is 0.244 e. The van der Waals surface area contributed by atoms with Crippen LogP contribution in [0.25, 0.3) is 11.1 Å². The number of nitrogens with one attached hydrogen (secondary N) is 6. The number of hydrogen-bond donors (Lipinski definition) is 6. The summed E-state index contributed by atoms with van der Waals surface area (Å²) in [5, 5.41) is 12.8. The van der Waals surface area contributed by atoms with Gasteiger partial charge in [-0.2, -0.15) is 0 Å². The highest BCUT2D eigenvalue weighted by atomic mass is 35.5. The van der Waals surface area contributed by atoms with Crippen LogP contribution in [0.1, 0.15) is 12.5 Å². The maximum Gasteiger partial charge on any atom is 0.244 e. The molecule has 0 aliphatic carbocycles. The van der Waals surface area contributed by atoms with E-state index in [9.17, 15) is 9.59 Å². The van der Waals surface area contributed by atoms with Gasteiger partial charge in [-0.25, -0.2) is 5.53 Å². The van der Waals surface area contributed by atoms with Crippen LogP contribution in [0.2, 0.25) is 5.02 Å². The van der Waals surface area contributed by atoms with E-state index in [0.717, 1.165) is 16.7 Å². The maximum absolute atomic E-state index is 12.8. The van der Waals surface area contributed by atoms with Crippen LogP contribution in [0.4, 0.5) is 0 Å². The van der Waals surface area contributed by atoms with E-state index in [1.165, 1.54) is 0 Å². The van der Waals surface area contributed by atoms with Crippen molar-refractivity contribution in [3.63, 3.8) is 0 Å². The molecule has 10 heteroatoms. The molecule has 2 amide bonds. The van der Waals surface area contributed by atoms with Crippen molar-refractivity contribution in [1.29, 1.82) is 0 Å². The number of carbonyl (C=O) groups is 2. The van der Waals surface area contributed by atoms with Crippen LogP contribution in [0.15, 0.2) is 53.6 Å². The first-order chi connectivity index (χ1) is 14.5. The van der Waals surface area contributed by atoms with Gasteiger partial charge in [-0.15, -0.1) is 10.6 Å². The van der Waals surface area contributed by atoms with Gasteiger partial charge in [-0.1, -0.05) is 48.0 Å². The number of amides is 2. The van der Waals surface area contributed by atoms with Gasteiger partial charge in [0.05, 0.1) is 12.1 Å². The quantitative estimate of drug-likeness (QED) is 0.384. The van der Waals surface area contributed by atoms with Crippen LogP contribution in [0.5, 0.6) is 0 Å². The molecule has 0 spiro atoms. The molecular formula is C20H24ClN7O2. The lowest BCUT2D eigenvalue weighted by molar-refractivity contribution is -0.124. The van der Waals surface area contributed by atoms with E-state index in [1.807, 2.05) is 48.5 Å². The lowest BCUT2D eigenvalue weighted by Crippen LogP contribution is -2.55. The molecule has 2 atom stereocenters. The van der Waals surface area contributed by atoms with E-state index in [2.05, 4.69) is 37.5 Å². The predicted octanol–water partition coefficient (Wildman–Crippen LogP) is 0.642. The van der Waals surface area contributed by atoms with Gasteiger partial charge in [0.2, 0.25) is 17.8 Å². The summed E-state index contributed by atoms with van der Waals surface area (Å²) >= 11 is 6.08. The molecule has 0 radical (unpaired) electrons. The monoisotopic (exact) mass is 429 g/mol. The highest BCUT2D eigenvalue weighted by molar-refractivity contribution is 6.30. The Morgan fingerprint density at radius 2 is 1.87 bits per heavy atom. The molecule has 1 aliphatic heterocycles. The van der Waals surface area contributed by atoms with Gasteiger partial charge in [-0.05, 0) is 42.2 Å². The third kappa shape index (κ3) is 5.69. The molecule has 0 aromatic heterocycles. The molecule has 1 heterocycles. The normalized spacial score (nSPS) is 14.7.